The number of ether oxygens (including phenoxy) is 11. The summed E-state index contributed by atoms with van der Waals surface area (Å²) in [7, 11) is 0. The number of hydrogen-bond acceptors (Lipinski definition) is 19. The highest BCUT2D eigenvalue weighted by Gasteiger charge is 2.56. The highest BCUT2D eigenvalue weighted by Crippen LogP contribution is 2.36. The summed E-state index contributed by atoms with van der Waals surface area (Å²) in [6, 6.07) is 32.5. The first-order valence-electron chi connectivity index (χ1n) is 26.1. The van der Waals surface area contributed by atoms with Crippen molar-refractivity contribution in [3.05, 3.63) is 168 Å². The fraction of sp³-hybridized carbons (Fsp3) is 0.411. The van der Waals surface area contributed by atoms with E-state index in [-0.39, 0.29) is 45.9 Å². The van der Waals surface area contributed by atoms with E-state index in [0.29, 0.717) is 0 Å². The molecule has 9 N–H and O–H groups in total. The Bertz CT molecular complexity index is 2720. The molecule has 9 rings (SSSR count). The van der Waals surface area contributed by atoms with Crippen LogP contribution in [-0.4, -0.2) is 152 Å². The van der Waals surface area contributed by atoms with E-state index in [2.05, 4.69) is 26.6 Å². The molecule has 4 aromatic rings. The number of aliphatic hydroxyl groups is 2. The molecule has 0 bridgehead atoms. The van der Waals surface area contributed by atoms with Gasteiger partial charge in [-0.3, -0.25) is 0 Å². The Morgan fingerprint density at radius 3 is 1.40 bits per heavy atom. The standard InChI is InChI=1S/C56H64N6O18/c57-39-25-42-46(80-56(69)62-42)48(45(39)77-49-40(60-54(67)72-31-35-17-9-3-10-18-35)23-21-37(74-49)26-58-52(65)70-29-33-13-5-1-6-14-33)79-51-44(64)47(43(28-63)76-51)78-50-41(61-55(68)73-32-36-19-11-4-12-20-36)24-22-38(75-50)27-59-53(66)71-30-34-15-7-2-8-16-34/h1-24,37-51,63-64H,25-32,57H2,(H,58,65)(H,59,66)(H,60,67)(H,61,68)(H,62,69)/t37-,38+,39-,40+,41+,42+,43+,44+,45+,46-,47+,48-,49+,50+,51-/m0/s1. The summed E-state index contributed by atoms with van der Waals surface area (Å²) in [5.41, 5.74) is 9.87. The van der Waals surface area contributed by atoms with E-state index in [1.165, 1.54) is 0 Å². The summed E-state index contributed by atoms with van der Waals surface area (Å²) in [5.74, 6) is 0. The minimum atomic E-state index is -1.71. The smallest absolute Gasteiger partial charge is 0.408 e. The van der Waals surface area contributed by atoms with E-state index in [1.54, 1.807) is 72.8 Å². The third-order valence-electron chi connectivity index (χ3n) is 13.5. The maximum atomic E-state index is 13.3. The van der Waals surface area contributed by atoms with Gasteiger partial charge in [0, 0.05) is 6.04 Å². The molecule has 5 amide bonds. The Morgan fingerprint density at radius 2 is 0.963 bits per heavy atom. The number of hydrogen-bond donors (Lipinski definition) is 8. The predicted molar refractivity (Wildman–Crippen MR) is 278 cm³/mol. The Labute approximate surface area is 460 Å². The van der Waals surface area contributed by atoms with E-state index in [1.807, 2.05) is 72.8 Å². The third-order valence-corrected chi connectivity index (χ3v) is 13.5. The van der Waals surface area contributed by atoms with E-state index >= 15 is 0 Å². The van der Waals surface area contributed by atoms with Gasteiger partial charge in [0.2, 0.25) is 0 Å². The molecule has 2 saturated heterocycles. The van der Waals surface area contributed by atoms with Gasteiger partial charge in [0.05, 0.1) is 37.9 Å². The number of rotatable bonds is 21. The van der Waals surface area contributed by atoms with Crippen molar-refractivity contribution in [3.63, 3.8) is 0 Å². The van der Waals surface area contributed by atoms with Gasteiger partial charge in [0.1, 0.15) is 69.0 Å². The molecule has 24 heteroatoms. The lowest BCUT2D eigenvalue weighted by molar-refractivity contribution is -0.277. The maximum absolute atomic E-state index is 13.3. The fourth-order valence-corrected chi connectivity index (χ4v) is 9.44. The Hall–Kier alpha value is -7.65. The van der Waals surface area contributed by atoms with Crippen LogP contribution in [0.2, 0.25) is 0 Å². The maximum Gasteiger partial charge on any atom is 0.408 e. The predicted octanol–water partition coefficient (Wildman–Crippen LogP) is 3.43. The summed E-state index contributed by atoms with van der Waals surface area (Å²) in [6.45, 7) is -0.961. The van der Waals surface area contributed by atoms with Gasteiger partial charge in [0.25, 0.3) is 0 Å². The number of nitrogens with one attached hydrogen (secondary N) is 5. The molecule has 1 aliphatic carbocycles. The molecule has 1 saturated carbocycles. The lowest BCUT2D eigenvalue weighted by atomic mass is 9.84. The molecule has 15 atom stereocenters. The van der Waals surface area contributed by atoms with Crippen LogP contribution < -0.4 is 32.3 Å². The molecule has 4 heterocycles. The second-order valence-corrected chi connectivity index (χ2v) is 19.2. The highest BCUT2D eigenvalue weighted by atomic mass is 16.8. The largest absolute Gasteiger partial charge is 0.445 e. The van der Waals surface area contributed by atoms with E-state index in [9.17, 15) is 34.2 Å². The Balaban J connectivity index is 0.895. The average molecular weight is 1110 g/mol. The van der Waals surface area contributed by atoms with E-state index in [0.717, 1.165) is 22.3 Å². The zero-order valence-corrected chi connectivity index (χ0v) is 43.2. The van der Waals surface area contributed by atoms with Crippen molar-refractivity contribution >= 4 is 30.5 Å². The monoisotopic (exact) mass is 1110 g/mol. The zero-order valence-electron chi connectivity index (χ0n) is 43.2. The van der Waals surface area contributed by atoms with Gasteiger partial charge in [-0.25, -0.2) is 24.0 Å². The SMILES string of the molecule is N[C@H]1C[C@H]2NC(=O)O[C@@H]2[C@@H](O[C@@H]2O[C@H](CO)[C@@H](O[C@H]3O[C@@H](CNC(=O)OCc4ccccc4)C=C[C@H]3NC(=O)OCc3ccccc3)[C@H]2O)[C@@H]1O[C@H]1O[C@H](CNC(=O)OCc2ccccc2)C=C[C@H]1NC(=O)OCc1ccccc1. The van der Waals surface area contributed by atoms with E-state index < -0.39 is 129 Å². The molecule has 0 aromatic heterocycles. The first kappa shape index (κ1) is 57.0. The van der Waals surface area contributed by atoms with Crippen LogP contribution in [0.4, 0.5) is 24.0 Å². The molecule has 0 unspecified atom stereocenters. The highest BCUT2D eigenvalue weighted by molar-refractivity contribution is 5.71. The summed E-state index contributed by atoms with van der Waals surface area (Å²) in [4.78, 5) is 64.9. The van der Waals surface area contributed by atoms with Crippen molar-refractivity contribution in [2.75, 3.05) is 19.7 Å². The van der Waals surface area contributed by atoms with Crippen molar-refractivity contribution in [1.29, 1.82) is 0 Å². The van der Waals surface area contributed by atoms with Gasteiger partial charge in [-0.05, 0) is 28.7 Å². The second kappa shape index (κ2) is 28.0. The quantitative estimate of drug-likeness (QED) is 0.0438. The molecular formula is C56H64N6O18. The molecule has 4 aromatic carbocycles. The Morgan fingerprint density at radius 1 is 0.550 bits per heavy atom. The van der Waals surface area contributed by atoms with Gasteiger partial charge >= 0.3 is 30.5 Å². The molecule has 0 spiro atoms. The van der Waals surface area contributed by atoms with Crippen LogP contribution in [0, 0.1) is 0 Å². The summed E-state index contributed by atoms with van der Waals surface area (Å²) in [6.07, 6.45) is -11.5. The van der Waals surface area contributed by atoms with Crippen LogP contribution in [0.3, 0.4) is 0 Å². The number of carbonyl (C=O) groups is 5. The molecule has 5 aliphatic rings. The summed E-state index contributed by atoms with van der Waals surface area (Å²) in [5, 5.41) is 36.3. The van der Waals surface area contributed by atoms with Crippen LogP contribution in [0.1, 0.15) is 28.7 Å². The van der Waals surface area contributed by atoms with Crippen LogP contribution in [0.25, 0.3) is 0 Å². The summed E-state index contributed by atoms with van der Waals surface area (Å²) >= 11 is 0. The molecule has 80 heavy (non-hydrogen) atoms. The normalized spacial score (nSPS) is 29.4. The molecule has 4 aliphatic heterocycles. The number of amides is 5. The van der Waals surface area contributed by atoms with Gasteiger partial charge < -0.3 is 94.6 Å². The zero-order chi connectivity index (χ0) is 55.8. The number of carbonyl (C=O) groups excluding carboxylic acids is 5. The summed E-state index contributed by atoms with van der Waals surface area (Å²) < 4.78 is 65.8. The van der Waals surface area contributed by atoms with Gasteiger partial charge in [-0.1, -0.05) is 146 Å². The number of nitrogens with two attached hydrogens (primary N) is 1. The third kappa shape index (κ3) is 15.8. The second-order valence-electron chi connectivity index (χ2n) is 19.2. The van der Waals surface area contributed by atoms with Crippen LogP contribution >= 0.6 is 0 Å². The van der Waals surface area contributed by atoms with Crippen molar-refractivity contribution < 1.29 is 86.3 Å². The minimum absolute atomic E-state index is 0.0193. The lowest BCUT2D eigenvalue weighted by Gasteiger charge is -2.44. The lowest BCUT2D eigenvalue weighted by Crippen LogP contribution is -2.64. The van der Waals surface area contributed by atoms with Crippen LogP contribution in [0.15, 0.2) is 146 Å². The minimum Gasteiger partial charge on any atom is -0.445 e. The molecule has 0 radical (unpaired) electrons. The number of alkyl carbamates (subject to hydrolysis) is 5. The molecule has 3 fully saturated rings. The first-order chi connectivity index (χ1) is 38.9. The topological polar surface area (TPSA) is 314 Å². The fourth-order valence-electron chi connectivity index (χ4n) is 9.44. The van der Waals surface area contributed by atoms with Crippen molar-refractivity contribution in [2.45, 2.75) is 125 Å². The van der Waals surface area contributed by atoms with Gasteiger partial charge in [0.15, 0.2) is 25.0 Å². The van der Waals surface area contributed by atoms with Crippen molar-refractivity contribution in [1.82, 2.24) is 26.6 Å². The van der Waals surface area contributed by atoms with Crippen molar-refractivity contribution in [3.8, 4) is 0 Å². The van der Waals surface area contributed by atoms with E-state index in [4.69, 9.17) is 57.8 Å². The molecular weight excluding hydrogens is 1040 g/mol. The average Bonchev–Trinajstić information content (AvgIpc) is 4.02. The molecule has 24 nitrogen and oxygen atoms in total. The van der Waals surface area contributed by atoms with Crippen LogP contribution in [-0.2, 0) is 78.5 Å². The molecule has 426 valence electrons. The Kier molecular flexibility index (Phi) is 19.9. The number of aliphatic hydroxyl groups excluding tert-OH is 2. The van der Waals surface area contributed by atoms with Gasteiger partial charge in [-0.15, -0.1) is 0 Å². The number of benzene rings is 4. The van der Waals surface area contributed by atoms with Crippen LogP contribution in [0.5, 0.6) is 0 Å². The first-order valence-corrected chi connectivity index (χ1v) is 26.1. The van der Waals surface area contributed by atoms with Crippen molar-refractivity contribution in [2.24, 2.45) is 5.73 Å². The van der Waals surface area contributed by atoms with Gasteiger partial charge in [-0.2, -0.15) is 0 Å². The number of fused-ring (bicyclic) bond motifs is 1.